The van der Waals surface area contributed by atoms with Crippen LogP contribution in [0.25, 0.3) is 11.0 Å². The van der Waals surface area contributed by atoms with Crippen LogP contribution in [0.15, 0.2) is 18.2 Å². The lowest BCUT2D eigenvalue weighted by molar-refractivity contribution is 0.117. The van der Waals surface area contributed by atoms with Crippen LogP contribution in [0.5, 0.6) is 0 Å². The number of rotatable bonds is 4. The van der Waals surface area contributed by atoms with Crippen molar-refractivity contribution in [3.05, 3.63) is 24.0 Å². The Morgan fingerprint density at radius 3 is 3.07 bits per heavy atom. The summed E-state index contributed by atoms with van der Waals surface area (Å²) in [7, 11) is 0. The van der Waals surface area contributed by atoms with E-state index in [0.29, 0.717) is 12.3 Å². The van der Waals surface area contributed by atoms with Gasteiger partial charge in [-0.3, -0.25) is 0 Å². The summed E-state index contributed by atoms with van der Waals surface area (Å²) in [4.78, 5) is 7.56. The Kier molecular flexibility index (Phi) is 2.87. The zero-order valence-corrected chi connectivity index (χ0v) is 8.79. The number of imidazole rings is 1. The lowest BCUT2D eigenvalue weighted by atomic mass is 10.3. The third-order valence-corrected chi connectivity index (χ3v) is 2.18. The first kappa shape index (κ1) is 9.98. The molecule has 0 spiro atoms. The summed E-state index contributed by atoms with van der Waals surface area (Å²) in [6.45, 7) is 3.35. The third kappa shape index (κ3) is 2.10. The lowest BCUT2D eigenvalue weighted by Gasteiger charge is -1.97. The molecule has 2 aromatic rings. The van der Waals surface area contributed by atoms with Gasteiger partial charge in [-0.25, -0.2) is 4.98 Å². The van der Waals surface area contributed by atoms with Gasteiger partial charge in [0.25, 0.3) is 0 Å². The number of nitrogens with two attached hydrogens (primary N) is 1. The first-order chi connectivity index (χ1) is 7.31. The maximum absolute atomic E-state index is 5.80. The smallest absolute Gasteiger partial charge is 0.133 e. The molecule has 3 N–H and O–H groups in total. The van der Waals surface area contributed by atoms with Gasteiger partial charge in [0.05, 0.1) is 11.2 Å². The number of fused-ring (bicyclic) bond motifs is 1. The zero-order valence-electron chi connectivity index (χ0n) is 8.79. The third-order valence-electron chi connectivity index (χ3n) is 2.18. The van der Waals surface area contributed by atoms with Gasteiger partial charge >= 0.3 is 0 Å². The highest BCUT2D eigenvalue weighted by molar-refractivity contribution is 5.86. The Bertz CT molecular complexity index is 450. The molecule has 0 fully saturated rings. The van der Waals surface area contributed by atoms with E-state index in [1.165, 1.54) is 0 Å². The average Bonchev–Trinajstić information content (AvgIpc) is 2.63. The van der Waals surface area contributed by atoms with Gasteiger partial charge in [0.2, 0.25) is 0 Å². The normalized spacial score (nSPS) is 11.0. The highest BCUT2D eigenvalue weighted by Gasteiger charge is 2.04. The minimum absolute atomic E-state index is 0.516. The highest BCUT2D eigenvalue weighted by Crippen LogP contribution is 2.18. The first-order valence-electron chi connectivity index (χ1n) is 5.12. The zero-order chi connectivity index (χ0) is 10.7. The molecule has 2 rings (SSSR count). The summed E-state index contributed by atoms with van der Waals surface area (Å²) in [6, 6.07) is 5.72. The van der Waals surface area contributed by atoms with Crippen molar-refractivity contribution >= 4 is 16.7 Å². The fourth-order valence-electron chi connectivity index (χ4n) is 1.49. The number of aromatic nitrogens is 2. The van der Waals surface area contributed by atoms with Crippen LogP contribution in [-0.4, -0.2) is 16.6 Å². The van der Waals surface area contributed by atoms with E-state index in [9.17, 15) is 0 Å². The molecule has 1 aromatic heterocycles. The molecule has 1 aromatic carbocycles. The first-order valence-corrected chi connectivity index (χ1v) is 5.12. The average molecular weight is 205 g/mol. The Morgan fingerprint density at radius 1 is 1.47 bits per heavy atom. The summed E-state index contributed by atoms with van der Waals surface area (Å²) in [5.41, 5.74) is 8.29. The second-order valence-electron chi connectivity index (χ2n) is 3.48. The monoisotopic (exact) mass is 205 g/mol. The van der Waals surface area contributed by atoms with E-state index in [4.69, 9.17) is 10.5 Å². The van der Waals surface area contributed by atoms with Crippen LogP contribution in [0, 0.1) is 0 Å². The number of aromatic amines is 1. The van der Waals surface area contributed by atoms with E-state index >= 15 is 0 Å². The van der Waals surface area contributed by atoms with E-state index in [0.717, 1.165) is 29.9 Å². The maximum Gasteiger partial charge on any atom is 0.133 e. The van der Waals surface area contributed by atoms with Gasteiger partial charge in [-0.05, 0) is 18.6 Å². The van der Waals surface area contributed by atoms with Crippen molar-refractivity contribution in [3.8, 4) is 0 Å². The van der Waals surface area contributed by atoms with Crippen molar-refractivity contribution in [2.24, 2.45) is 0 Å². The van der Waals surface area contributed by atoms with E-state index in [2.05, 4.69) is 16.9 Å². The lowest BCUT2D eigenvalue weighted by Crippen LogP contribution is -1.95. The topological polar surface area (TPSA) is 63.9 Å². The van der Waals surface area contributed by atoms with Gasteiger partial charge in [0.15, 0.2) is 0 Å². The minimum atomic E-state index is 0.516. The number of hydrogen-bond donors (Lipinski definition) is 2. The summed E-state index contributed by atoms with van der Waals surface area (Å²) in [5.74, 6) is 0.830. The van der Waals surface area contributed by atoms with Gasteiger partial charge in [0.1, 0.15) is 17.9 Å². The number of nitrogen functional groups attached to an aromatic ring is 1. The molecule has 0 saturated heterocycles. The molecule has 0 aliphatic heterocycles. The summed E-state index contributed by atoms with van der Waals surface area (Å²) >= 11 is 0. The minimum Gasteiger partial charge on any atom is -0.397 e. The Balaban J connectivity index is 2.20. The Hall–Kier alpha value is -1.55. The van der Waals surface area contributed by atoms with E-state index in [1.807, 2.05) is 18.2 Å². The van der Waals surface area contributed by atoms with Crippen molar-refractivity contribution in [1.29, 1.82) is 0 Å². The number of anilines is 1. The summed E-state index contributed by atoms with van der Waals surface area (Å²) in [6.07, 6.45) is 1.02. The van der Waals surface area contributed by atoms with Crippen molar-refractivity contribution in [1.82, 2.24) is 9.97 Å². The van der Waals surface area contributed by atoms with Gasteiger partial charge < -0.3 is 15.5 Å². The molecular formula is C11H15N3O. The number of H-pyrrole nitrogens is 1. The van der Waals surface area contributed by atoms with Crippen molar-refractivity contribution in [3.63, 3.8) is 0 Å². The second-order valence-corrected chi connectivity index (χ2v) is 3.48. The molecule has 0 aliphatic rings. The molecule has 1 heterocycles. The van der Waals surface area contributed by atoms with Gasteiger partial charge in [0, 0.05) is 6.61 Å². The van der Waals surface area contributed by atoms with Crippen molar-refractivity contribution in [2.75, 3.05) is 12.3 Å². The summed E-state index contributed by atoms with van der Waals surface area (Å²) < 4.78 is 5.40. The van der Waals surface area contributed by atoms with Gasteiger partial charge in [-0.15, -0.1) is 0 Å². The molecule has 15 heavy (non-hydrogen) atoms. The Labute approximate surface area is 88.5 Å². The number of ether oxygens (including phenoxy) is 1. The standard InChI is InChI=1S/C11H15N3O/c1-2-6-15-7-10-13-9-5-3-4-8(12)11(9)14-10/h3-5H,2,6-7,12H2,1H3,(H,13,14). The van der Waals surface area contributed by atoms with Crippen LogP contribution in [-0.2, 0) is 11.3 Å². The van der Waals surface area contributed by atoms with Crippen molar-refractivity contribution in [2.45, 2.75) is 20.0 Å². The van der Waals surface area contributed by atoms with Crippen LogP contribution in [0.2, 0.25) is 0 Å². The quantitative estimate of drug-likeness (QED) is 0.593. The fourth-order valence-corrected chi connectivity index (χ4v) is 1.49. The van der Waals surface area contributed by atoms with E-state index in [-0.39, 0.29) is 0 Å². The number of nitrogens with zero attached hydrogens (tertiary/aromatic N) is 1. The molecule has 0 bridgehead atoms. The molecule has 0 radical (unpaired) electrons. The molecule has 0 saturated carbocycles. The molecule has 0 atom stereocenters. The van der Waals surface area contributed by atoms with E-state index < -0.39 is 0 Å². The van der Waals surface area contributed by atoms with Crippen LogP contribution >= 0.6 is 0 Å². The number of nitrogens with one attached hydrogen (secondary N) is 1. The molecule has 4 heteroatoms. The SMILES string of the molecule is CCCOCc1nc2c(N)cccc2[nH]1. The number of benzene rings is 1. The van der Waals surface area contributed by atoms with Crippen LogP contribution in [0.1, 0.15) is 19.2 Å². The van der Waals surface area contributed by atoms with Gasteiger partial charge in [-0.2, -0.15) is 0 Å². The largest absolute Gasteiger partial charge is 0.397 e. The molecular weight excluding hydrogens is 190 g/mol. The highest BCUT2D eigenvalue weighted by atomic mass is 16.5. The molecule has 0 aliphatic carbocycles. The van der Waals surface area contributed by atoms with Crippen LogP contribution < -0.4 is 5.73 Å². The molecule has 0 amide bonds. The van der Waals surface area contributed by atoms with Crippen LogP contribution in [0.3, 0.4) is 0 Å². The number of hydrogen-bond acceptors (Lipinski definition) is 3. The number of para-hydroxylation sites is 1. The molecule has 0 unspecified atom stereocenters. The Morgan fingerprint density at radius 2 is 2.33 bits per heavy atom. The molecule has 4 nitrogen and oxygen atoms in total. The fraction of sp³-hybridized carbons (Fsp3) is 0.364. The molecule has 80 valence electrons. The van der Waals surface area contributed by atoms with Crippen LogP contribution in [0.4, 0.5) is 5.69 Å². The second kappa shape index (κ2) is 4.31. The predicted octanol–water partition coefficient (Wildman–Crippen LogP) is 2.07. The van der Waals surface area contributed by atoms with Crippen molar-refractivity contribution < 1.29 is 4.74 Å². The predicted molar refractivity (Wildman–Crippen MR) is 60.5 cm³/mol. The van der Waals surface area contributed by atoms with Gasteiger partial charge in [-0.1, -0.05) is 13.0 Å². The maximum atomic E-state index is 5.80. The summed E-state index contributed by atoms with van der Waals surface area (Å²) in [5, 5.41) is 0. The van der Waals surface area contributed by atoms with E-state index in [1.54, 1.807) is 0 Å².